The zero-order valence-electron chi connectivity index (χ0n) is 13.7. The van der Waals surface area contributed by atoms with Crippen LogP contribution in [-0.4, -0.2) is 71.1 Å². The van der Waals surface area contributed by atoms with Crippen molar-refractivity contribution in [2.24, 2.45) is 0 Å². The van der Waals surface area contributed by atoms with Gasteiger partial charge in [0.05, 0.1) is 29.8 Å². The number of hydrogen-bond donors (Lipinski definition) is 0. The second-order valence-corrected chi connectivity index (χ2v) is 9.07. The fraction of sp³-hybridized carbons (Fsp3) is 0.533. The SMILES string of the molecule is CN(Cc1ccc2nsnc2c1)C(=O)CN(C)[C@@H]1CCS(=O)(=O)C1. The molecule has 1 aliphatic heterocycles. The van der Waals surface area contributed by atoms with Gasteiger partial charge >= 0.3 is 0 Å². The molecule has 7 nitrogen and oxygen atoms in total. The summed E-state index contributed by atoms with van der Waals surface area (Å²) in [4.78, 5) is 15.9. The first-order chi connectivity index (χ1) is 11.3. The molecule has 1 aromatic heterocycles. The van der Waals surface area contributed by atoms with Crippen LogP contribution in [-0.2, 0) is 21.2 Å². The normalized spacial score (nSPS) is 19.9. The van der Waals surface area contributed by atoms with Crippen LogP contribution in [0.3, 0.4) is 0 Å². The molecule has 0 spiro atoms. The highest BCUT2D eigenvalue weighted by molar-refractivity contribution is 7.91. The number of likely N-dealkylation sites (N-methyl/N-ethyl adjacent to an activating group) is 2. The maximum atomic E-state index is 12.4. The highest BCUT2D eigenvalue weighted by Gasteiger charge is 2.31. The number of nitrogens with zero attached hydrogens (tertiary/aromatic N) is 4. The first-order valence-corrected chi connectivity index (χ1v) is 10.2. The van der Waals surface area contributed by atoms with Gasteiger partial charge in [-0.2, -0.15) is 8.75 Å². The van der Waals surface area contributed by atoms with E-state index >= 15 is 0 Å². The molecule has 1 aromatic carbocycles. The van der Waals surface area contributed by atoms with E-state index in [1.165, 1.54) is 11.7 Å². The van der Waals surface area contributed by atoms with Crippen molar-refractivity contribution in [3.63, 3.8) is 0 Å². The summed E-state index contributed by atoms with van der Waals surface area (Å²) < 4.78 is 31.5. The van der Waals surface area contributed by atoms with Gasteiger partial charge in [-0.1, -0.05) is 6.07 Å². The number of rotatable bonds is 5. The minimum Gasteiger partial charge on any atom is -0.340 e. The Hall–Kier alpha value is -1.58. The Balaban J connectivity index is 1.58. The first kappa shape index (κ1) is 17.2. The largest absolute Gasteiger partial charge is 0.340 e. The van der Waals surface area contributed by atoms with E-state index in [1.807, 2.05) is 30.1 Å². The molecule has 0 saturated carbocycles. The molecule has 0 unspecified atom stereocenters. The van der Waals surface area contributed by atoms with E-state index in [9.17, 15) is 13.2 Å². The fourth-order valence-electron chi connectivity index (χ4n) is 2.87. The molecule has 2 heterocycles. The molecule has 24 heavy (non-hydrogen) atoms. The number of carbonyl (C=O) groups excluding carboxylic acids is 1. The summed E-state index contributed by atoms with van der Waals surface area (Å²) in [5.41, 5.74) is 2.70. The Morgan fingerprint density at radius 2 is 2.04 bits per heavy atom. The van der Waals surface area contributed by atoms with Crippen LogP contribution in [0.4, 0.5) is 0 Å². The molecular formula is C15H20N4O3S2. The highest BCUT2D eigenvalue weighted by Crippen LogP contribution is 2.17. The average molecular weight is 368 g/mol. The van der Waals surface area contributed by atoms with E-state index in [4.69, 9.17) is 0 Å². The van der Waals surface area contributed by atoms with Gasteiger partial charge in [0.1, 0.15) is 11.0 Å². The van der Waals surface area contributed by atoms with Crippen LogP contribution < -0.4 is 0 Å². The zero-order valence-corrected chi connectivity index (χ0v) is 15.3. The van der Waals surface area contributed by atoms with Crippen LogP contribution in [0, 0.1) is 0 Å². The number of benzene rings is 1. The third-order valence-electron chi connectivity index (χ3n) is 4.38. The number of amides is 1. The van der Waals surface area contributed by atoms with Crippen molar-refractivity contribution in [2.45, 2.75) is 19.0 Å². The maximum absolute atomic E-state index is 12.4. The third kappa shape index (κ3) is 3.90. The highest BCUT2D eigenvalue weighted by atomic mass is 32.2. The number of fused-ring (bicyclic) bond motifs is 1. The molecule has 0 aliphatic carbocycles. The quantitative estimate of drug-likeness (QED) is 0.775. The van der Waals surface area contributed by atoms with E-state index < -0.39 is 9.84 Å². The van der Waals surface area contributed by atoms with E-state index in [0.717, 1.165) is 16.6 Å². The average Bonchev–Trinajstić information content (AvgIpc) is 3.12. The van der Waals surface area contributed by atoms with Crippen LogP contribution in [0.25, 0.3) is 11.0 Å². The number of hydrogen-bond acceptors (Lipinski definition) is 7. The van der Waals surface area contributed by atoms with Gasteiger partial charge < -0.3 is 4.90 Å². The minimum atomic E-state index is -2.94. The second-order valence-electron chi connectivity index (χ2n) is 6.31. The minimum absolute atomic E-state index is 0.0294. The summed E-state index contributed by atoms with van der Waals surface area (Å²) >= 11 is 1.17. The topological polar surface area (TPSA) is 83.5 Å². The van der Waals surface area contributed by atoms with Gasteiger partial charge in [-0.25, -0.2) is 8.42 Å². The van der Waals surface area contributed by atoms with Gasteiger partial charge in [0.25, 0.3) is 0 Å². The zero-order chi connectivity index (χ0) is 17.3. The van der Waals surface area contributed by atoms with Gasteiger partial charge in [0.2, 0.25) is 5.91 Å². The smallest absolute Gasteiger partial charge is 0.236 e. The summed E-state index contributed by atoms with van der Waals surface area (Å²) in [5.74, 6) is 0.333. The van der Waals surface area contributed by atoms with Crippen molar-refractivity contribution in [1.29, 1.82) is 0 Å². The van der Waals surface area contributed by atoms with Crippen LogP contribution in [0.15, 0.2) is 18.2 Å². The van der Waals surface area contributed by atoms with E-state index in [2.05, 4.69) is 8.75 Å². The third-order valence-corrected chi connectivity index (χ3v) is 6.69. The van der Waals surface area contributed by atoms with Crippen molar-refractivity contribution < 1.29 is 13.2 Å². The van der Waals surface area contributed by atoms with Crippen molar-refractivity contribution in [2.75, 3.05) is 32.1 Å². The van der Waals surface area contributed by atoms with Crippen LogP contribution in [0.1, 0.15) is 12.0 Å². The number of aromatic nitrogens is 2. The Morgan fingerprint density at radius 3 is 2.75 bits per heavy atom. The summed E-state index contributed by atoms with van der Waals surface area (Å²) in [7, 11) is 0.626. The van der Waals surface area contributed by atoms with Crippen LogP contribution >= 0.6 is 11.7 Å². The van der Waals surface area contributed by atoms with Crippen molar-refractivity contribution in [3.8, 4) is 0 Å². The Kier molecular flexibility index (Phi) is 4.84. The van der Waals surface area contributed by atoms with E-state index in [1.54, 1.807) is 11.9 Å². The summed E-state index contributed by atoms with van der Waals surface area (Å²) in [6.07, 6.45) is 0.601. The van der Waals surface area contributed by atoms with Gasteiger partial charge in [-0.3, -0.25) is 9.69 Å². The Labute approximate surface area is 145 Å². The summed E-state index contributed by atoms with van der Waals surface area (Å²) in [6, 6.07) is 5.73. The molecule has 2 aromatic rings. The first-order valence-electron chi connectivity index (χ1n) is 7.70. The molecule has 1 fully saturated rings. The standard InChI is InChI=1S/C15H20N4O3S2/c1-18(12-5-6-24(21,22)10-12)9-15(20)19(2)8-11-3-4-13-14(7-11)17-23-16-13/h3-4,7,12H,5-6,8-10H2,1-2H3/t12-/m1/s1. The number of sulfone groups is 1. The molecule has 9 heteroatoms. The molecule has 1 amide bonds. The Morgan fingerprint density at radius 1 is 1.29 bits per heavy atom. The lowest BCUT2D eigenvalue weighted by Gasteiger charge is -2.25. The predicted molar refractivity (Wildman–Crippen MR) is 93.6 cm³/mol. The second kappa shape index (κ2) is 6.73. The fourth-order valence-corrected chi connectivity index (χ4v) is 5.20. The molecular weight excluding hydrogens is 348 g/mol. The molecule has 1 saturated heterocycles. The van der Waals surface area contributed by atoms with E-state index in [-0.39, 0.29) is 30.0 Å². The lowest BCUT2D eigenvalue weighted by atomic mass is 10.2. The van der Waals surface area contributed by atoms with Crippen molar-refractivity contribution in [1.82, 2.24) is 18.5 Å². The Bertz CT molecular complexity index is 849. The van der Waals surface area contributed by atoms with Gasteiger partial charge in [-0.15, -0.1) is 0 Å². The molecule has 1 atom stereocenters. The monoisotopic (exact) mass is 368 g/mol. The predicted octanol–water partition coefficient (Wildman–Crippen LogP) is 0.769. The van der Waals surface area contributed by atoms with Gasteiger partial charge in [0, 0.05) is 19.6 Å². The maximum Gasteiger partial charge on any atom is 0.236 e. The van der Waals surface area contributed by atoms with Gasteiger partial charge in [0.15, 0.2) is 9.84 Å². The molecule has 0 radical (unpaired) electrons. The van der Waals surface area contributed by atoms with Crippen molar-refractivity contribution in [3.05, 3.63) is 23.8 Å². The van der Waals surface area contributed by atoms with Crippen LogP contribution in [0.2, 0.25) is 0 Å². The van der Waals surface area contributed by atoms with Gasteiger partial charge in [-0.05, 0) is 31.2 Å². The molecule has 0 N–H and O–H groups in total. The molecule has 130 valence electrons. The lowest BCUT2D eigenvalue weighted by Crippen LogP contribution is -2.41. The molecule has 1 aliphatic rings. The van der Waals surface area contributed by atoms with Crippen molar-refractivity contribution >= 4 is 38.5 Å². The molecule has 3 rings (SSSR count). The lowest BCUT2D eigenvalue weighted by molar-refractivity contribution is -0.131. The summed E-state index contributed by atoms with van der Waals surface area (Å²) in [5, 5.41) is 0. The molecule has 0 bridgehead atoms. The number of carbonyl (C=O) groups is 1. The van der Waals surface area contributed by atoms with Crippen LogP contribution in [0.5, 0.6) is 0 Å². The summed E-state index contributed by atoms with van der Waals surface area (Å²) in [6.45, 7) is 0.709. The van der Waals surface area contributed by atoms with E-state index in [0.29, 0.717) is 13.0 Å².